The average Bonchev–Trinajstić information content (AvgIpc) is 2.10. The van der Waals surface area contributed by atoms with Gasteiger partial charge in [-0.25, -0.2) is 0 Å². The molecule has 0 atom stereocenters. The number of likely N-dealkylation sites (tertiary alicyclic amines) is 1. The normalized spacial score (nSPS) is 16.3. The van der Waals surface area contributed by atoms with Crippen LogP contribution in [0.5, 0.6) is 0 Å². The van der Waals surface area contributed by atoms with Gasteiger partial charge in [0.15, 0.2) is 0 Å². The molecule has 0 bridgehead atoms. The Hall–Kier alpha value is -0.850. The van der Waals surface area contributed by atoms with Crippen molar-refractivity contribution in [2.24, 2.45) is 11.8 Å². The summed E-state index contributed by atoms with van der Waals surface area (Å²) in [4.78, 5) is 2.24. The highest BCUT2D eigenvalue weighted by atomic mass is 35.5. The molecule has 0 unspecified atom stereocenters. The van der Waals surface area contributed by atoms with Crippen LogP contribution in [0.4, 0.5) is 0 Å². The number of hydrogen-bond donors (Lipinski definition) is 0. The van der Waals surface area contributed by atoms with E-state index in [9.17, 15) is 0 Å². The zero-order valence-corrected chi connectivity index (χ0v) is 9.55. The lowest BCUT2D eigenvalue weighted by Crippen LogP contribution is -2.32. The van der Waals surface area contributed by atoms with Gasteiger partial charge in [-0.2, -0.15) is 10.5 Å². The quantitative estimate of drug-likeness (QED) is 0.625. The fourth-order valence-corrected chi connectivity index (χ4v) is 1.60. The number of nitriles is 2. The third kappa shape index (κ3) is 5.56. The molecular weight excluding hydrogens is 218 g/mol. The van der Waals surface area contributed by atoms with E-state index in [1.54, 1.807) is 0 Å². The summed E-state index contributed by atoms with van der Waals surface area (Å²) >= 11 is 0. The van der Waals surface area contributed by atoms with Crippen molar-refractivity contribution >= 4 is 12.4 Å². The monoisotopic (exact) mass is 235 g/mol. The molecule has 0 radical (unpaired) electrons. The molecule has 0 aromatic heterocycles. The van der Waals surface area contributed by atoms with Crippen LogP contribution in [0.15, 0.2) is 0 Å². The number of rotatable bonds is 1. The molecule has 6 heteroatoms. The van der Waals surface area contributed by atoms with Crippen molar-refractivity contribution in [1.29, 1.82) is 10.5 Å². The molecule has 1 fully saturated rings. The van der Waals surface area contributed by atoms with Crippen LogP contribution < -0.4 is 0 Å². The zero-order valence-electron chi connectivity index (χ0n) is 8.73. The molecule has 0 aliphatic carbocycles. The first-order chi connectivity index (χ1) is 5.77. The van der Waals surface area contributed by atoms with Crippen molar-refractivity contribution in [1.82, 2.24) is 4.90 Å². The highest BCUT2D eigenvalue weighted by Crippen LogP contribution is 2.23. The molecule has 1 aliphatic rings. The summed E-state index contributed by atoms with van der Waals surface area (Å²) in [6.45, 7) is 2.04. The molecule has 0 aromatic carbocycles. The van der Waals surface area contributed by atoms with E-state index in [2.05, 4.69) is 24.1 Å². The molecule has 5 nitrogen and oxygen atoms in total. The maximum atomic E-state index is 8.66. The van der Waals surface area contributed by atoms with Gasteiger partial charge in [-0.05, 0) is 38.9 Å². The largest absolute Gasteiger partial charge is 0.412 e. The second-order valence-corrected chi connectivity index (χ2v) is 3.38. The van der Waals surface area contributed by atoms with Crippen LogP contribution in [0.3, 0.4) is 0 Å². The van der Waals surface area contributed by atoms with Gasteiger partial charge < -0.3 is 15.9 Å². The summed E-state index contributed by atoms with van der Waals surface area (Å²) in [5.41, 5.74) is 0. The summed E-state index contributed by atoms with van der Waals surface area (Å²) in [5, 5.41) is 17.3. The van der Waals surface area contributed by atoms with E-state index in [0.717, 1.165) is 25.9 Å². The van der Waals surface area contributed by atoms with Crippen LogP contribution in [0.2, 0.25) is 0 Å². The van der Waals surface area contributed by atoms with Crippen molar-refractivity contribution < 1.29 is 11.0 Å². The van der Waals surface area contributed by atoms with E-state index >= 15 is 0 Å². The Morgan fingerprint density at radius 2 is 1.53 bits per heavy atom. The standard InChI is InChI=1S/C9H13N3.ClH.2H2O/c1-12-4-2-8(3-5-12)9(6-10)7-11;;;/h8-9H,2-5H2,1H3;1H;2*1H2. The lowest BCUT2D eigenvalue weighted by molar-refractivity contribution is 0.206. The molecule has 1 aliphatic heterocycles. The minimum atomic E-state index is -0.390. The summed E-state index contributed by atoms with van der Waals surface area (Å²) in [7, 11) is 2.07. The van der Waals surface area contributed by atoms with E-state index in [1.807, 2.05) is 0 Å². The second kappa shape index (κ2) is 9.70. The van der Waals surface area contributed by atoms with Crippen molar-refractivity contribution in [3.63, 3.8) is 0 Å². The van der Waals surface area contributed by atoms with Gasteiger partial charge in [-0.15, -0.1) is 12.4 Å². The van der Waals surface area contributed by atoms with Crippen LogP contribution in [-0.4, -0.2) is 36.0 Å². The molecule has 4 N–H and O–H groups in total. The van der Waals surface area contributed by atoms with E-state index in [0.29, 0.717) is 5.92 Å². The molecule has 0 saturated carbocycles. The van der Waals surface area contributed by atoms with E-state index in [-0.39, 0.29) is 23.4 Å². The number of piperidine rings is 1. The van der Waals surface area contributed by atoms with Crippen LogP contribution in [-0.2, 0) is 0 Å². The molecule has 0 aromatic rings. The fourth-order valence-electron chi connectivity index (χ4n) is 1.60. The summed E-state index contributed by atoms with van der Waals surface area (Å²) in [5.74, 6) is -0.0881. The van der Waals surface area contributed by atoms with Gasteiger partial charge in [0.25, 0.3) is 0 Å². The summed E-state index contributed by atoms with van der Waals surface area (Å²) in [6, 6.07) is 4.11. The Balaban J connectivity index is -0.000000480. The number of halogens is 1. The first-order valence-electron chi connectivity index (χ1n) is 4.25. The highest BCUT2D eigenvalue weighted by molar-refractivity contribution is 5.85. The minimum Gasteiger partial charge on any atom is -0.412 e. The lowest BCUT2D eigenvalue weighted by Gasteiger charge is -2.29. The molecular formula is C9H18ClN3O2. The average molecular weight is 236 g/mol. The van der Waals surface area contributed by atoms with Gasteiger partial charge in [0, 0.05) is 0 Å². The minimum absolute atomic E-state index is 0. The lowest BCUT2D eigenvalue weighted by atomic mass is 9.86. The molecule has 0 spiro atoms. The van der Waals surface area contributed by atoms with E-state index in [4.69, 9.17) is 10.5 Å². The molecule has 0 amide bonds. The van der Waals surface area contributed by atoms with Gasteiger partial charge in [0.1, 0.15) is 5.92 Å². The molecule has 1 rings (SSSR count). The summed E-state index contributed by atoms with van der Waals surface area (Å²) in [6.07, 6.45) is 1.98. The Labute approximate surface area is 96.3 Å². The van der Waals surface area contributed by atoms with Gasteiger partial charge in [0.2, 0.25) is 0 Å². The van der Waals surface area contributed by atoms with E-state index in [1.165, 1.54) is 0 Å². The Kier molecular flexibility index (Phi) is 12.7. The molecule has 88 valence electrons. The maximum absolute atomic E-state index is 8.66. The second-order valence-electron chi connectivity index (χ2n) is 3.38. The van der Waals surface area contributed by atoms with Gasteiger partial charge in [0.05, 0.1) is 12.1 Å². The topological polar surface area (TPSA) is 114 Å². The van der Waals surface area contributed by atoms with Crippen molar-refractivity contribution in [3.8, 4) is 12.1 Å². The summed E-state index contributed by atoms with van der Waals surface area (Å²) < 4.78 is 0. The first-order valence-corrected chi connectivity index (χ1v) is 4.25. The van der Waals surface area contributed by atoms with Gasteiger partial charge in [-0.3, -0.25) is 0 Å². The first kappa shape index (κ1) is 19.7. The van der Waals surface area contributed by atoms with Crippen LogP contribution >= 0.6 is 12.4 Å². The Bertz CT molecular complexity index is 214. The zero-order chi connectivity index (χ0) is 8.97. The highest BCUT2D eigenvalue weighted by Gasteiger charge is 2.24. The predicted molar refractivity (Wildman–Crippen MR) is 59.4 cm³/mol. The fraction of sp³-hybridized carbons (Fsp3) is 0.778. The van der Waals surface area contributed by atoms with Gasteiger partial charge >= 0.3 is 0 Å². The van der Waals surface area contributed by atoms with Crippen LogP contribution in [0.25, 0.3) is 0 Å². The number of nitrogens with zero attached hydrogens (tertiary/aromatic N) is 3. The van der Waals surface area contributed by atoms with Crippen LogP contribution in [0.1, 0.15) is 12.8 Å². The van der Waals surface area contributed by atoms with Crippen LogP contribution in [0, 0.1) is 34.5 Å². The van der Waals surface area contributed by atoms with E-state index < -0.39 is 5.92 Å². The smallest absolute Gasteiger partial charge is 0.136 e. The maximum Gasteiger partial charge on any atom is 0.136 e. The Morgan fingerprint density at radius 3 is 1.87 bits per heavy atom. The third-order valence-corrected chi connectivity index (χ3v) is 2.51. The SMILES string of the molecule is CN1CCC(C(C#N)C#N)CC1.Cl.O.O. The molecule has 15 heavy (non-hydrogen) atoms. The van der Waals surface area contributed by atoms with Gasteiger partial charge in [-0.1, -0.05) is 0 Å². The number of hydrogen-bond acceptors (Lipinski definition) is 3. The van der Waals surface area contributed by atoms with Crippen molar-refractivity contribution in [2.45, 2.75) is 12.8 Å². The van der Waals surface area contributed by atoms with Crippen molar-refractivity contribution in [2.75, 3.05) is 20.1 Å². The molecule has 1 saturated heterocycles. The predicted octanol–water partition coefficient (Wildman–Crippen LogP) is -0.236. The Morgan fingerprint density at radius 1 is 1.13 bits per heavy atom. The third-order valence-electron chi connectivity index (χ3n) is 2.51. The van der Waals surface area contributed by atoms with Crippen molar-refractivity contribution in [3.05, 3.63) is 0 Å². The molecule has 1 heterocycles.